The van der Waals surface area contributed by atoms with Crippen LogP contribution in [0, 0.1) is 28.9 Å². The molecule has 2 unspecified atom stereocenters. The summed E-state index contributed by atoms with van der Waals surface area (Å²) in [5, 5.41) is 10.8. The number of thiophene rings is 1. The second-order valence-corrected chi connectivity index (χ2v) is 15.7. The van der Waals surface area contributed by atoms with Gasteiger partial charge in [0.2, 0.25) is 0 Å². The molecule has 0 aliphatic carbocycles. The molecule has 0 spiro atoms. The molecule has 9 rings (SSSR count). The van der Waals surface area contributed by atoms with E-state index >= 15 is 4.39 Å². The summed E-state index contributed by atoms with van der Waals surface area (Å²) >= 11 is 7.86. The molecule has 0 radical (unpaired) electrons. The third kappa shape index (κ3) is 5.05. The molecule has 5 aliphatic rings. The fourth-order valence-electron chi connectivity index (χ4n) is 9.02. The number of halogens is 4. The number of fused-ring (bicyclic) bond motifs is 5. The van der Waals surface area contributed by atoms with Crippen LogP contribution in [0.5, 0.6) is 6.01 Å². The van der Waals surface area contributed by atoms with Crippen molar-refractivity contribution in [3.8, 4) is 23.2 Å². The number of hydrogen-bond acceptors (Lipinski definition) is 10. The monoisotopic (exact) mass is 709 g/mol. The van der Waals surface area contributed by atoms with E-state index in [1.165, 1.54) is 12.1 Å². The predicted molar refractivity (Wildman–Crippen MR) is 183 cm³/mol. The first-order valence-corrected chi connectivity index (χ1v) is 18.1. The largest absolute Gasteiger partial charge is 0.461 e. The Bertz CT molecular complexity index is 2020. The van der Waals surface area contributed by atoms with E-state index in [4.69, 9.17) is 31.8 Å². The summed E-state index contributed by atoms with van der Waals surface area (Å²) in [4.78, 5) is 16.5. The number of ether oxygens (including phenoxy) is 2. The second-order valence-electron chi connectivity index (χ2n) is 14.3. The van der Waals surface area contributed by atoms with E-state index in [1.54, 1.807) is 6.07 Å². The number of nitrogens with zero attached hydrogens (tertiary/aromatic N) is 6. The zero-order valence-corrected chi connectivity index (χ0v) is 28.3. The number of nitrogen functional groups attached to an aromatic ring is 1. The molecule has 7 heterocycles. The minimum Gasteiger partial charge on any atom is -0.461 e. The Morgan fingerprint density at radius 3 is 2.69 bits per heavy atom. The highest BCUT2D eigenvalue weighted by Gasteiger charge is 2.49. The lowest BCUT2D eigenvalue weighted by molar-refractivity contribution is -0.0538. The Balaban J connectivity index is 1.16. The highest BCUT2D eigenvalue weighted by molar-refractivity contribution is 7.23. The van der Waals surface area contributed by atoms with Crippen molar-refractivity contribution >= 4 is 54.7 Å². The molecule has 256 valence electrons. The molecule has 5 saturated heterocycles. The summed E-state index contributed by atoms with van der Waals surface area (Å²) in [7, 11) is 0. The fourth-order valence-corrected chi connectivity index (χ4v) is 10.3. The predicted octanol–water partition coefficient (Wildman–Crippen LogP) is 6.15. The van der Waals surface area contributed by atoms with Crippen molar-refractivity contribution in [1.82, 2.24) is 19.8 Å². The molecule has 14 heteroatoms. The topological polar surface area (TPSA) is 104 Å². The lowest BCUT2D eigenvalue weighted by Gasteiger charge is -2.44. The normalized spacial score (nSPS) is 27.2. The molecule has 4 aromatic rings. The minimum absolute atomic E-state index is 0.00620. The first kappa shape index (κ1) is 31.6. The molecular weight excluding hydrogens is 675 g/mol. The molecule has 2 aromatic heterocycles. The zero-order chi connectivity index (χ0) is 33.6. The van der Waals surface area contributed by atoms with Gasteiger partial charge in [0.25, 0.3) is 0 Å². The molecule has 4 atom stereocenters. The Morgan fingerprint density at radius 2 is 1.96 bits per heavy atom. The molecule has 9 nitrogen and oxygen atoms in total. The van der Waals surface area contributed by atoms with Crippen molar-refractivity contribution in [3.63, 3.8) is 0 Å². The quantitative estimate of drug-likeness (QED) is 0.242. The van der Waals surface area contributed by atoms with Crippen LogP contribution in [0.2, 0.25) is 5.02 Å². The number of hydrogen-bond donors (Lipinski definition) is 1. The molecule has 5 aliphatic heterocycles. The van der Waals surface area contributed by atoms with Gasteiger partial charge in [-0.25, -0.2) is 13.2 Å². The number of benzene rings is 2. The molecule has 2 bridgehead atoms. The van der Waals surface area contributed by atoms with E-state index in [0.717, 1.165) is 63.3 Å². The van der Waals surface area contributed by atoms with Crippen LogP contribution in [-0.4, -0.2) is 96.1 Å². The summed E-state index contributed by atoms with van der Waals surface area (Å²) in [6, 6.07) is 7.02. The van der Waals surface area contributed by atoms with Crippen LogP contribution in [0.1, 0.15) is 37.7 Å². The maximum atomic E-state index is 17.1. The number of nitrogens with two attached hydrogens (primary N) is 1. The van der Waals surface area contributed by atoms with Crippen LogP contribution < -0.4 is 15.4 Å². The van der Waals surface area contributed by atoms with Crippen molar-refractivity contribution in [2.75, 3.05) is 63.2 Å². The SMILES string of the molecule is N#Cc1c(N)sc2c(F)ccc(-c3c(Cl)cc4c(N5CC6CCC(C5)N6CC5COC5)nc(OC[C@@]56CCCN5C[C@H](F)C6)nc4c3F)c12. The highest BCUT2D eigenvalue weighted by atomic mass is 35.5. The van der Waals surface area contributed by atoms with Crippen molar-refractivity contribution < 1.29 is 22.6 Å². The molecule has 0 saturated carbocycles. The molecule has 2 aromatic carbocycles. The van der Waals surface area contributed by atoms with Gasteiger partial charge in [0.05, 0.1) is 34.0 Å². The van der Waals surface area contributed by atoms with Gasteiger partial charge in [0, 0.05) is 66.9 Å². The number of nitriles is 1. The Kier molecular flexibility index (Phi) is 7.63. The minimum atomic E-state index is -0.922. The summed E-state index contributed by atoms with van der Waals surface area (Å²) in [6.45, 7) is 5.40. The summed E-state index contributed by atoms with van der Waals surface area (Å²) in [5.74, 6) is -0.202. The highest BCUT2D eigenvalue weighted by Crippen LogP contribution is 2.47. The van der Waals surface area contributed by atoms with Crippen molar-refractivity contribution in [2.45, 2.75) is 55.9 Å². The lowest BCUT2D eigenvalue weighted by Crippen LogP contribution is -2.56. The molecule has 2 N–H and O–H groups in total. The van der Waals surface area contributed by atoms with Crippen LogP contribution in [0.15, 0.2) is 18.2 Å². The van der Waals surface area contributed by atoms with Gasteiger partial charge >= 0.3 is 6.01 Å². The lowest BCUT2D eigenvalue weighted by atomic mass is 9.95. The van der Waals surface area contributed by atoms with E-state index < -0.39 is 23.3 Å². The maximum Gasteiger partial charge on any atom is 0.319 e. The van der Waals surface area contributed by atoms with Crippen molar-refractivity contribution in [2.24, 2.45) is 5.92 Å². The third-order valence-electron chi connectivity index (χ3n) is 11.4. The van der Waals surface area contributed by atoms with Crippen LogP contribution in [0.25, 0.3) is 32.1 Å². The van der Waals surface area contributed by atoms with E-state index in [1.807, 2.05) is 0 Å². The summed E-state index contributed by atoms with van der Waals surface area (Å²) in [5.41, 5.74) is 5.98. The van der Waals surface area contributed by atoms with Crippen molar-refractivity contribution in [3.05, 3.63) is 40.4 Å². The average Bonchev–Trinajstić information content (AvgIpc) is 3.76. The average molecular weight is 710 g/mol. The summed E-state index contributed by atoms with van der Waals surface area (Å²) < 4.78 is 58.5. The maximum absolute atomic E-state index is 17.1. The van der Waals surface area contributed by atoms with Crippen LogP contribution in [-0.2, 0) is 4.74 Å². The number of anilines is 2. The van der Waals surface area contributed by atoms with Gasteiger partial charge in [0.1, 0.15) is 41.0 Å². The van der Waals surface area contributed by atoms with Crippen LogP contribution in [0.4, 0.5) is 24.0 Å². The van der Waals surface area contributed by atoms with E-state index in [9.17, 15) is 14.0 Å². The van der Waals surface area contributed by atoms with Gasteiger partial charge in [-0.1, -0.05) is 17.7 Å². The number of alkyl halides is 1. The molecule has 49 heavy (non-hydrogen) atoms. The van der Waals surface area contributed by atoms with Gasteiger partial charge in [-0.2, -0.15) is 15.2 Å². The Labute approximate surface area is 290 Å². The third-order valence-corrected chi connectivity index (χ3v) is 12.7. The molecular formula is C35H35ClF3N7O2S. The number of rotatable bonds is 7. The number of aromatic nitrogens is 2. The number of piperazine rings is 1. The van der Waals surface area contributed by atoms with Gasteiger partial charge in [0.15, 0.2) is 5.82 Å². The van der Waals surface area contributed by atoms with Gasteiger partial charge in [-0.15, -0.1) is 11.3 Å². The molecule has 0 amide bonds. The zero-order valence-electron chi connectivity index (χ0n) is 26.7. The molecule has 5 fully saturated rings. The van der Waals surface area contributed by atoms with E-state index in [2.05, 4.69) is 25.8 Å². The van der Waals surface area contributed by atoms with Gasteiger partial charge in [-0.05, 0) is 49.9 Å². The fraction of sp³-hybridized carbons (Fsp3) is 0.514. The van der Waals surface area contributed by atoms with Gasteiger partial charge in [-0.3, -0.25) is 9.80 Å². The second kappa shape index (κ2) is 11.8. The van der Waals surface area contributed by atoms with Crippen LogP contribution >= 0.6 is 22.9 Å². The van der Waals surface area contributed by atoms with Crippen LogP contribution in [0.3, 0.4) is 0 Å². The smallest absolute Gasteiger partial charge is 0.319 e. The Morgan fingerprint density at radius 1 is 1.16 bits per heavy atom. The first-order valence-electron chi connectivity index (χ1n) is 16.9. The van der Waals surface area contributed by atoms with Gasteiger partial charge < -0.3 is 20.1 Å². The Hall–Kier alpha value is -3.41. The summed E-state index contributed by atoms with van der Waals surface area (Å²) in [6.07, 6.45) is 3.36. The standard InChI is InChI=1S/C35H35ClF3N7O2S/c36-25-8-23-30(29(39)28(25)22-4-5-26(38)31-27(22)24(10-40)32(41)49-31)42-34(48-17-35-6-1-7-45(35)12-19(37)9-35)43-33(23)44-13-20-2-3-21(14-44)46(20)11-18-15-47-16-18/h4-5,8,18-21H,1-3,6-7,9,11-17,41H2/t19-,20?,21?,35+/m1/s1. The van der Waals surface area contributed by atoms with E-state index in [-0.39, 0.29) is 54.9 Å². The van der Waals surface area contributed by atoms with Crippen molar-refractivity contribution in [1.29, 1.82) is 5.26 Å². The first-order chi connectivity index (χ1) is 23.7. The van der Waals surface area contributed by atoms with E-state index in [0.29, 0.717) is 55.3 Å².